The molecule has 4 atom stereocenters. The van der Waals surface area contributed by atoms with Gasteiger partial charge in [-0.2, -0.15) is 0 Å². The Bertz CT molecular complexity index is 1420. The van der Waals surface area contributed by atoms with Crippen molar-refractivity contribution in [1.82, 2.24) is 19.5 Å². The zero-order valence-corrected chi connectivity index (χ0v) is 19.8. The molecule has 1 aromatic carbocycles. The highest BCUT2D eigenvalue weighted by atomic mass is 35.5. The summed E-state index contributed by atoms with van der Waals surface area (Å²) in [5.74, 6) is 0.0274. The maximum absolute atomic E-state index is 14.8. The van der Waals surface area contributed by atoms with E-state index < -0.39 is 29.5 Å². The molecule has 1 aliphatic rings. The Morgan fingerprint density at radius 2 is 2.00 bits per heavy atom. The van der Waals surface area contributed by atoms with Crippen LogP contribution < -0.4 is 11.5 Å². The molecule has 1 fully saturated rings. The summed E-state index contributed by atoms with van der Waals surface area (Å²) >= 11 is 5.99. The SMILES string of the molecule is COC[C@]1(CCc2cc(F)c3cc(Cl)c(N)nc3c2)C[C@@H](n2ccc3c(N)ncnc32)[C@H](O)[C@@H]1O. The van der Waals surface area contributed by atoms with Gasteiger partial charge in [0.25, 0.3) is 0 Å². The number of hydrogen-bond donors (Lipinski definition) is 4. The molecule has 6 N–H and O–H groups in total. The molecule has 0 saturated heterocycles. The number of methoxy groups -OCH3 is 1. The van der Waals surface area contributed by atoms with Crippen molar-refractivity contribution in [2.75, 3.05) is 25.2 Å². The minimum absolute atomic E-state index is 0.132. The summed E-state index contributed by atoms with van der Waals surface area (Å²) < 4.78 is 22.1. The molecule has 184 valence electrons. The maximum atomic E-state index is 14.8. The number of halogens is 2. The summed E-state index contributed by atoms with van der Waals surface area (Å²) in [6, 6.07) is 6.00. The Morgan fingerprint density at radius 3 is 2.77 bits per heavy atom. The number of anilines is 2. The van der Waals surface area contributed by atoms with Gasteiger partial charge >= 0.3 is 0 Å². The van der Waals surface area contributed by atoms with E-state index in [4.69, 9.17) is 27.8 Å². The second-order valence-electron chi connectivity index (χ2n) is 9.22. The fourth-order valence-corrected chi connectivity index (χ4v) is 5.47. The van der Waals surface area contributed by atoms with E-state index in [0.29, 0.717) is 47.2 Å². The van der Waals surface area contributed by atoms with E-state index in [2.05, 4.69) is 15.0 Å². The van der Waals surface area contributed by atoms with E-state index >= 15 is 0 Å². The van der Waals surface area contributed by atoms with E-state index in [1.54, 1.807) is 25.4 Å². The van der Waals surface area contributed by atoms with E-state index in [1.165, 1.54) is 18.5 Å². The fraction of sp³-hybridized carbons (Fsp3) is 0.375. The molecule has 0 radical (unpaired) electrons. The third kappa shape index (κ3) is 3.96. The van der Waals surface area contributed by atoms with Crippen molar-refractivity contribution in [3.8, 4) is 0 Å². The lowest BCUT2D eigenvalue weighted by atomic mass is 9.79. The number of aliphatic hydroxyl groups excluding tert-OH is 2. The number of nitrogen functional groups attached to an aromatic ring is 2. The number of fused-ring (bicyclic) bond motifs is 2. The van der Waals surface area contributed by atoms with Gasteiger partial charge in [0.2, 0.25) is 0 Å². The number of benzene rings is 1. The van der Waals surface area contributed by atoms with Crippen LogP contribution in [0, 0.1) is 11.2 Å². The topological polar surface area (TPSA) is 145 Å². The average molecular weight is 501 g/mol. The second-order valence-corrected chi connectivity index (χ2v) is 9.63. The molecule has 1 aliphatic carbocycles. The van der Waals surface area contributed by atoms with Gasteiger partial charge in [0, 0.05) is 24.1 Å². The van der Waals surface area contributed by atoms with Crippen molar-refractivity contribution in [3.05, 3.63) is 53.2 Å². The summed E-state index contributed by atoms with van der Waals surface area (Å²) in [4.78, 5) is 12.5. The summed E-state index contributed by atoms with van der Waals surface area (Å²) in [7, 11) is 1.55. The van der Waals surface area contributed by atoms with Gasteiger partial charge < -0.3 is 31.0 Å². The van der Waals surface area contributed by atoms with Crippen LogP contribution in [-0.2, 0) is 11.2 Å². The number of rotatable bonds is 6. The van der Waals surface area contributed by atoms with Crippen LogP contribution >= 0.6 is 11.6 Å². The lowest BCUT2D eigenvalue weighted by Gasteiger charge is -2.32. The molecule has 0 amide bonds. The number of nitrogens with zero attached hydrogens (tertiary/aromatic N) is 4. The molecule has 0 bridgehead atoms. The van der Waals surface area contributed by atoms with Crippen LogP contribution in [0.2, 0.25) is 5.02 Å². The molecule has 5 rings (SSSR count). The average Bonchev–Trinajstić information content (AvgIpc) is 3.36. The molecule has 4 aromatic rings. The van der Waals surface area contributed by atoms with Crippen LogP contribution in [0.1, 0.15) is 24.4 Å². The Hall–Kier alpha value is -3.05. The summed E-state index contributed by atoms with van der Waals surface area (Å²) in [6.45, 7) is 0.217. The highest BCUT2D eigenvalue weighted by Gasteiger charge is 2.53. The molecule has 9 nitrogen and oxygen atoms in total. The minimum atomic E-state index is -1.07. The van der Waals surface area contributed by atoms with Gasteiger partial charge in [-0.1, -0.05) is 11.6 Å². The van der Waals surface area contributed by atoms with Crippen molar-refractivity contribution in [2.24, 2.45) is 5.41 Å². The predicted molar refractivity (Wildman–Crippen MR) is 131 cm³/mol. The zero-order chi connectivity index (χ0) is 24.9. The van der Waals surface area contributed by atoms with Crippen molar-refractivity contribution in [3.63, 3.8) is 0 Å². The fourth-order valence-electron chi connectivity index (χ4n) is 5.32. The van der Waals surface area contributed by atoms with Gasteiger partial charge in [0.1, 0.15) is 35.5 Å². The number of pyridine rings is 1. The van der Waals surface area contributed by atoms with Crippen molar-refractivity contribution in [2.45, 2.75) is 37.5 Å². The number of aliphatic hydroxyl groups is 2. The first-order valence-electron chi connectivity index (χ1n) is 11.2. The number of aryl methyl sites for hydroxylation is 1. The zero-order valence-electron chi connectivity index (χ0n) is 19.0. The minimum Gasteiger partial charge on any atom is -0.390 e. The molecule has 0 spiro atoms. The molecule has 3 heterocycles. The molecule has 3 aromatic heterocycles. The van der Waals surface area contributed by atoms with Crippen molar-refractivity contribution >= 4 is 45.2 Å². The maximum Gasteiger partial charge on any atom is 0.145 e. The molecule has 35 heavy (non-hydrogen) atoms. The Kier molecular flexibility index (Phi) is 6.00. The van der Waals surface area contributed by atoms with Gasteiger partial charge in [0.15, 0.2) is 0 Å². The number of ether oxygens (including phenoxy) is 1. The summed E-state index contributed by atoms with van der Waals surface area (Å²) in [6.07, 6.45) is 2.33. The smallest absolute Gasteiger partial charge is 0.145 e. The van der Waals surface area contributed by atoms with E-state index in [1.807, 2.05) is 4.57 Å². The second kappa shape index (κ2) is 8.87. The summed E-state index contributed by atoms with van der Waals surface area (Å²) in [5, 5.41) is 23.4. The van der Waals surface area contributed by atoms with Crippen LogP contribution in [0.4, 0.5) is 16.0 Å². The highest BCUT2D eigenvalue weighted by Crippen LogP contribution is 2.48. The largest absolute Gasteiger partial charge is 0.390 e. The highest BCUT2D eigenvalue weighted by molar-refractivity contribution is 6.33. The standard InChI is InChI=1S/C24H26ClFN6O3/c1-35-10-24(4-2-12-6-16(26)14-8-15(25)22(28)31-17(14)7-12)9-18(19(33)20(24)34)32-5-3-13-21(27)29-11-30-23(13)32/h3,5-8,11,18-20,33-34H,2,4,9-10H2,1H3,(H2,28,31)(H2,27,29,30)/t18-,19+,20+,24+/m1/s1. The molecule has 11 heteroatoms. The van der Waals surface area contributed by atoms with Gasteiger partial charge in [-0.05, 0) is 49.1 Å². The van der Waals surface area contributed by atoms with Gasteiger partial charge in [0.05, 0.1) is 34.7 Å². The van der Waals surface area contributed by atoms with Crippen LogP contribution in [0.3, 0.4) is 0 Å². The van der Waals surface area contributed by atoms with Crippen LogP contribution in [0.25, 0.3) is 21.9 Å². The van der Waals surface area contributed by atoms with Gasteiger partial charge in [-0.25, -0.2) is 19.3 Å². The van der Waals surface area contributed by atoms with Crippen LogP contribution in [0.5, 0.6) is 0 Å². The third-order valence-corrected chi connectivity index (χ3v) is 7.43. The number of nitrogens with two attached hydrogens (primary N) is 2. The Labute approximate surface area is 205 Å². The van der Waals surface area contributed by atoms with E-state index in [9.17, 15) is 14.6 Å². The first-order chi connectivity index (χ1) is 16.7. The van der Waals surface area contributed by atoms with Crippen LogP contribution in [-0.4, -0.2) is 55.7 Å². The van der Waals surface area contributed by atoms with Gasteiger partial charge in [-0.3, -0.25) is 0 Å². The molecule has 0 unspecified atom stereocenters. The lowest BCUT2D eigenvalue weighted by Crippen LogP contribution is -2.40. The Morgan fingerprint density at radius 1 is 1.20 bits per heavy atom. The molecular formula is C24H26ClFN6O3. The normalized spacial score (nSPS) is 24.5. The van der Waals surface area contributed by atoms with Crippen molar-refractivity contribution < 1.29 is 19.3 Å². The molecule has 0 aliphatic heterocycles. The predicted octanol–water partition coefficient (Wildman–Crippen LogP) is 2.87. The summed E-state index contributed by atoms with van der Waals surface area (Å²) in [5.41, 5.74) is 12.7. The number of aromatic nitrogens is 4. The van der Waals surface area contributed by atoms with Crippen molar-refractivity contribution in [1.29, 1.82) is 0 Å². The Balaban J connectivity index is 1.45. The molecular weight excluding hydrogens is 475 g/mol. The monoisotopic (exact) mass is 500 g/mol. The van der Waals surface area contributed by atoms with Crippen LogP contribution in [0.15, 0.2) is 36.8 Å². The number of hydrogen-bond acceptors (Lipinski definition) is 8. The lowest BCUT2D eigenvalue weighted by molar-refractivity contribution is -0.0598. The van der Waals surface area contributed by atoms with E-state index in [0.717, 1.165) is 0 Å². The van der Waals surface area contributed by atoms with E-state index in [-0.39, 0.29) is 22.8 Å². The third-order valence-electron chi connectivity index (χ3n) is 7.13. The first kappa shape index (κ1) is 23.7. The quantitative estimate of drug-likeness (QED) is 0.316. The first-order valence-corrected chi connectivity index (χ1v) is 11.6. The molecule has 1 saturated carbocycles. The van der Waals surface area contributed by atoms with Gasteiger partial charge in [-0.15, -0.1) is 0 Å².